The molecule has 128 valence electrons. The Hall–Kier alpha value is -0.810. The molecule has 2 unspecified atom stereocenters. The van der Waals surface area contributed by atoms with Crippen molar-refractivity contribution in [1.29, 1.82) is 0 Å². The summed E-state index contributed by atoms with van der Waals surface area (Å²) in [5.74, 6) is 0.668. The van der Waals surface area contributed by atoms with Crippen molar-refractivity contribution in [3.05, 3.63) is 0 Å². The molecule has 0 aromatic carbocycles. The Balaban J connectivity index is 1.78. The quantitative estimate of drug-likeness (QED) is 0.786. The Morgan fingerprint density at radius 3 is 2.18 bits per heavy atom. The molecule has 5 heteroatoms. The number of amides is 1. The lowest BCUT2D eigenvalue weighted by Gasteiger charge is -2.42. The van der Waals surface area contributed by atoms with Crippen molar-refractivity contribution in [2.75, 3.05) is 32.8 Å². The van der Waals surface area contributed by atoms with Crippen LogP contribution >= 0.6 is 0 Å². The lowest BCUT2D eigenvalue weighted by atomic mass is 9.95. The summed E-state index contributed by atoms with van der Waals surface area (Å²) < 4.78 is 11.1. The normalized spacial score (nSPS) is 28.7. The highest BCUT2D eigenvalue weighted by Gasteiger charge is 2.31. The van der Waals surface area contributed by atoms with Crippen LogP contribution in [0.15, 0.2) is 0 Å². The number of rotatable bonds is 2. The number of hydrogen-bond acceptors (Lipinski definition) is 4. The van der Waals surface area contributed by atoms with Gasteiger partial charge in [-0.15, -0.1) is 0 Å². The SMILES string of the molecule is CC1COCC(C)N1CC1CCN(C(=O)OC(C)(C)C)CC1. The first-order valence-electron chi connectivity index (χ1n) is 8.57. The van der Waals surface area contributed by atoms with Crippen molar-refractivity contribution in [2.24, 2.45) is 5.92 Å². The number of morpholine rings is 1. The zero-order chi connectivity index (χ0) is 16.3. The molecule has 2 saturated heterocycles. The highest BCUT2D eigenvalue weighted by Crippen LogP contribution is 2.23. The second-order valence-corrected chi connectivity index (χ2v) is 7.84. The third kappa shape index (κ3) is 4.85. The molecule has 0 aliphatic carbocycles. The van der Waals surface area contributed by atoms with Crippen LogP contribution in [0.5, 0.6) is 0 Å². The smallest absolute Gasteiger partial charge is 0.410 e. The van der Waals surface area contributed by atoms with Crippen LogP contribution in [0.3, 0.4) is 0 Å². The van der Waals surface area contributed by atoms with Crippen molar-refractivity contribution in [3.63, 3.8) is 0 Å². The number of likely N-dealkylation sites (tertiary alicyclic amines) is 1. The van der Waals surface area contributed by atoms with Gasteiger partial charge in [-0.1, -0.05) is 0 Å². The van der Waals surface area contributed by atoms with Gasteiger partial charge in [-0.05, 0) is 53.4 Å². The van der Waals surface area contributed by atoms with E-state index in [9.17, 15) is 4.79 Å². The Labute approximate surface area is 134 Å². The molecule has 0 aromatic heterocycles. The van der Waals surface area contributed by atoms with Gasteiger partial charge in [0.1, 0.15) is 5.60 Å². The summed E-state index contributed by atoms with van der Waals surface area (Å²) in [7, 11) is 0. The largest absolute Gasteiger partial charge is 0.444 e. The maximum atomic E-state index is 12.1. The molecule has 0 spiro atoms. The maximum Gasteiger partial charge on any atom is 0.410 e. The van der Waals surface area contributed by atoms with Crippen molar-refractivity contribution >= 4 is 6.09 Å². The van der Waals surface area contributed by atoms with Gasteiger partial charge in [-0.25, -0.2) is 4.79 Å². The van der Waals surface area contributed by atoms with Crippen LogP contribution in [-0.2, 0) is 9.47 Å². The Morgan fingerprint density at radius 1 is 1.14 bits per heavy atom. The number of ether oxygens (including phenoxy) is 2. The van der Waals surface area contributed by atoms with E-state index < -0.39 is 5.60 Å². The summed E-state index contributed by atoms with van der Waals surface area (Å²) >= 11 is 0. The summed E-state index contributed by atoms with van der Waals surface area (Å²) in [6, 6.07) is 0.986. The van der Waals surface area contributed by atoms with E-state index in [2.05, 4.69) is 18.7 Å². The maximum absolute atomic E-state index is 12.1. The number of hydrogen-bond donors (Lipinski definition) is 0. The molecule has 5 nitrogen and oxygen atoms in total. The molecule has 22 heavy (non-hydrogen) atoms. The van der Waals surface area contributed by atoms with Crippen LogP contribution in [0.4, 0.5) is 4.79 Å². The van der Waals surface area contributed by atoms with Gasteiger partial charge in [-0.3, -0.25) is 4.90 Å². The summed E-state index contributed by atoms with van der Waals surface area (Å²) in [5.41, 5.74) is -0.410. The predicted molar refractivity (Wildman–Crippen MR) is 87.0 cm³/mol. The molecule has 0 bridgehead atoms. The van der Waals surface area contributed by atoms with Gasteiger partial charge in [0.05, 0.1) is 13.2 Å². The average molecular weight is 312 g/mol. The number of carbonyl (C=O) groups is 1. The van der Waals surface area contributed by atoms with Crippen molar-refractivity contribution in [1.82, 2.24) is 9.80 Å². The monoisotopic (exact) mass is 312 g/mol. The number of piperidine rings is 1. The fourth-order valence-electron chi connectivity index (χ4n) is 3.32. The molecule has 2 atom stereocenters. The van der Waals surface area contributed by atoms with E-state index in [-0.39, 0.29) is 6.09 Å². The standard InChI is InChI=1S/C17H32N2O3/c1-13-11-21-12-14(2)19(13)10-15-6-8-18(9-7-15)16(20)22-17(3,4)5/h13-15H,6-12H2,1-5H3. The summed E-state index contributed by atoms with van der Waals surface area (Å²) in [5, 5.41) is 0. The third-order valence-electron chi connectivity index (χ3n) is 4.59. The van der Waals surface area contributed by atoms with Gasteiger partial charge in [-0.2, -0.15) is 0 Å². The first-order chi connectivity index (χ1) is 10.3. The van der Waals surface area contributed by atoms with E-state index in [1.165, 1.54) is 0 Å². The van der Waals surface area contributed by atoms with Crippen LogP contribution in [0, 0.1) is 5.92 Å². The summed E-state index contributed by atoms with van der Waals surface area (Å²) in [6.07, 6.45) is 1.96. The van der Waals surface area contributed by atoms with Gasteiger partial charge < -0.3 is 14.4 Å². The lowest BCUT2D eigenvalue weighted by molar-refractivity contribution is -0.0473. The van der Waals surface area contributed by atoms with E-state index in [4.69, 9.17) is 9.47 Å². The summed E-state index contributed by atoms with van der Waals surface area (Å²) in [4.78, 5) is 16.5. The highest BCUT2D eigenvalue weighted by molar-refractivity contribution is 5.68. The van der Waals surface area contributed by atoms with Gasteiger partial charge in [0.15, 0.2) is 0 Å². The topological polar surface area (TPSA) is 42.0 Å². The number of carbonyl (C=O) groups excluding carboxylic acids is 1. The lowest BCUT2D eigenvalue weighted by Crippen LogP contribution is -2.52. The molecule has 2 aliphatic rings. The molecule has 0 aromatic rings. The molecule has 1 amide bonds. The first kappa shape index (κ1) is 17.5. The van der Waals surface area contributed by atoms with Gasteiger partial charge in [0, 0.05) is 31.7 Å². The molecule has 0 saturated carbocycles. The van der Waals surface area contributed by atoms with Gasteiger partial charge in [0.25, 0.3) is 0 Å². The minimum absolute atomic E-state index is 0.168. The van der Waals surface area contributed by atoms with Crippen molar-refractivity contribution < 1.29 is 14.3 Å². The Morgan fingerprint density at radius 2 is 1.68 bits per heavy atom. The fourth-order valence-corrected chi connectivity index (χ4v) is 3.32. The third-order valence-corrected chi connectivity index (χ3v) is 4.59. The minimum atomic E-state index is -0.410. The van der Waals surface area contributed by atoms with E-state index in [1.54, 1.807) is 0 Å². The number of nitrogens with zero attached hydrogens (tertiary/aromatic N) is 2. The molecular weight excluding hydrogens is 280 g/mol. The predicted octanol–water partition coefficient (Wildman–Crippen LogP) is 2.74. The van der Waals surface area contributed by atoms with Crippen LogP contribution in [-0.4, -0.2) is 66.4 Å². The molecule has 2 fully saturated rings. The zero-order valence-electron chi connectivity index (χ0n) is 14.8. The van der Waals surface area contributed by atoms with E-state index in [1.807, 2.05) is 25.7 Å². The van der Waals surface area contributed by atoms with E-state index in [0.29, 0.717) is 18.0 Å². The van der Waals surface area contributed by atoms with Crippen LogP contribution in [0.25, 0.3) is 0 Å². The Bertz CT molecular complexity index is 363. The van der Waals surface area contributed by atoms with Crippen LogP contribution in [0.1, 0.15) is 47.5 Å². The second-order valence-electron chi connectivity index (χ2n) is 7.84. The molecule has 2 aliphatic heterocycles. The summed E-state index contributed by atoms with van der Waals surface area (Å²) in [6.45, 7) is 14.6. The van der Waals surface area contributed by atoms with Crippen LogP contribution in [0.2, 0.25) is 0 Å². The van der Waals surface area contributed by atoms with Gasteiger partial charge >= 0.3 is 6.09 Å². The molecular formula is C17H32N2O3. The van der Waals surface area contributed by atoms with E-state index >= 15 is 0 Å². The second kappa shape index (κ2) is 7.18. The minimum Gasteiger partial charge on any atom is -0.444 e. The van der Waals surface area contributed by atoms with Crippen molar-refractivity contribution in [2.45, 2.75) is 65.1 Å². The van der Waals surface area contributed by atoms with Crippen LogP contribution < -0.4 is 0 Å². The molecule has 2 rings (SSSR count). The molecule has 2 heterocycles. The van der Waals surface area contributed by atoms with E-state index in [0.717, 1.165) is 45.7 Å². The van der Waals surface area contributed by atoms with Gasteiger partial charge in [0.2, 0.25) is 0 Å². The Kier molecular flexibility index (Phi) is 5.72. The average Bonchev–Trinajstić information content (AvgIpc) is 2.42. The zero-order valence-corrected chi connectivity index (χ0v) is 14.8. The van der Waals surface area contributed by atoms with Crippen molar-refractivity contribution in [3.8, 4) is 0 Å². The fraction of sp³-hybridized carbons (Fsp3) is 0.941. The first-order valence-corrected chi connectivity index (χ1v) is 8.57. The highest BCUT2D eigenvalue weighted by atomic mass is 16.6. The molecule has 0 N–H and O–H groups in total. The molecule has 0 radical (unpaired) electrons.